The van der Waals surface area contributed by atoms with Crippen molar-refractivity contribution in [3.05, 3.63) is 106 Å². The van der Waals surface area contributed by atoms with Crippen molar-refractivity contribution in [2.45, 2.75) is 123 Å². The highest BCUT2D eigenvalue weighted by molar-refractivity contribution is 8.14. The lowest BCUT2D eigenvalue weighted by Gasteiger charge is -2.35. The zero-order valence-corrected chi connectivity index (χ0v) is 36.8. The van der Waals surface area contributed by atoms with E-state index in [1.807, 2.05) is 81.4 Å². The number of nitrogens with zero attached hydrogens (tertiary/aromatic N) is 3. The van der Waals surface area contributed by atoms with Crippen LogP contribution in [0, 0.1) is 24.7 Å². The Morgan fingerprint density at radius 2 is 1.67 bits per heavy atom. The van der Waals surface area contributed by atoms with Crippen LogP contribution in [-0.2, 0) is 38.7 Å². The molecule has 6 rings (SSSR count). The third-order valence-corrected chi connectivity index (χ3v) is 13.4. The Labute approximate surface area is 359 Å². The molecule has 3 aromatic rings. The lowest BCUT2D eigenvalue weighted by atomic mass is 9.89. The van der Waals surface area contributed by atoms with Crippen molar-refractivity contribution in [2.24, 2.45) is 28.5 Å². The Morgan fingerprint density at radius 3 is 2.37 bits per heavy atom. The SMILES string of the molecule is Cc1cc(C2SC(CNC(=O)[C@@H](CC(=O)C[C@H](N)Cc3ccccc3)CC(C)C)=NC2C)ccc1CNC(=O)[C@@H]1CCCN1C(=O)[C@H](C(C)C)N1Cc2ccccc2C1=O. The average Bonchev–Trinajstić information content (AvgIpc) is 3.93. The largest absolute Gasteiger partial charge is 0.350 e. The number of nitrogens with one attached hydrogen (secondary N) is 2. The number of likely N-dealkylation sites (tertiary alicyclic amines) is 1. The van der Waals surface area contributed by atoms with E-state index < -0.39 is 18.0 Å². The molecule has 0 aromatic heterocycles. The summed E-state index contributed by atoms with van der Waals surface area (Å²) in [4.78, 5) is 75.8. The van der Waals surface area contributed by atoms with Crippen LogP contribution in [0.4, 0.5) is 0 Å². The Balaban J connectivity index is 0.992. The molecule has 0 aliphatic carbocycles. The topological polar surface area (TPSA) is 154 Å². The van der Waals surface area contributed by atoms with Crippen molar-refractivity contribution >= 4 is 46.2 Å². The smallest absolute Gasteiger partial charge is 0.255 e. The molecule has 0 bridgehead atoms. The van der Waals surface area contributed by atoms with Crippen LogP contribution in [0.1, 0.15) is 110 Å². The van der Waals surface area contributed by atoms with Gasteiger partial charge in [-0.3, -0.25) is 29.0 Å². The normalized spacial score (nSPS) is 20.2. The first kappa shape index (κ1) is 44.7. The molecule has 60 heavy (non-hydrogen) atoms. The number of rotatable bonds is 18. The van der Waals surface area contributed by atoms with Crippen LogP contribution in [0.25, 0.3) is 0 Å². The van der Waals surface area contributed by atoms with Crippen LogP contribution in [-0.4, -0.2) is 81.5 Å². The molecule has 12 heteroatoms. The highest BCUT2D eigenvalue weighted by Gasteiger charge is 2.44. The van der Waals surface area contributed by atoms with Gasteiger partial charge in [-0.05, 0) is 85.3 Å². The van der Waals surface area contributed by atoms with E-state index in [-0.39, 0.29) is 71.4 Å². The maximum atomic E-state index is 14.1. The number of aliphatic imine (C=N–C) groups is 1. The van der Waals surface area contributed by atoms with Crippen LogP contribution >= 0.6 is 11.8 Å². The van der Waals surface area contributed by atoms with Gasteiger partial charge in [-0.1, -0.05) is 106 Å². The van der Waals surface area contributed by atoms with Gasteiger partial charge in [-0.25, -0.2) is 0 Å². The predicted molar refractivity (Wildman–Crippen MR) is 238 cm³/mol. The Kier molecular flexibility index (Phi) is 15.0. The van der Waals surface area contributed by atoms with Crippen LogP contribution in [0.2, 0.25) is 0 Å². The number of benzene rings is 3. The monoisotopic (exact) mass is 834 g/mol. The van der Waals surface area contributed by atoms with E-state index in [0.29, 0.717) is 51.0 Å². The van der Waals surface area contributed by atoms with Gasteiger partial charge in [0.25, 0.3) is 5.91 Å². The molecule has 3 heterocycles. The molecule has 2 unspecified atom stereocenters. The Morgan fingerprint density at radius 1 is 0.933 bits per heavy atom. The fourth-order valence-corrected chi connectivity index (χ4v) is 10.2. The number of carbonyl (C=O) groups excluding carboxylic acids is 5. The lowest BCUT2D eigenvalue weighted by molar-refractivity contribution is -0.143. The second-order valence-corrected chi connectivity index (χ2v) is 18.8. The lowest BCUT2D eigenvalue weighted by Crippen LogP contribution is -2.55. The van der Waals surface area contributed by atoms with Gasteiger partial charge >= 0.3 is 0 Å². The molecular formula is C48H62N6O5S. The molecule has 0 saturated carbocycles. The first-order valence-electron chi connectivity index (χ1n) is 21.6. The van der Waals surface area contributed by atoms with E-state index in [2.05, 4.69) is 43.5 Å². The summed E-state index contributed by atoms with van der Waals surface area (Å²) in [6.07, 6.45) is 2.94. The molecule has 1 saturated heterocycles. The zero-order valence-electron chi connectivity index (χ0n) is 36.0. The Bertz CT molecular complexity index is 2070. The van der Waals surface area contributed by atoms with E-state index in [0.717, 1.165) is 39.3 Å². The first-order chi connectivity index (χ1) is 28.7. The first-order valence-corrected chi connectivity index (χ1v) is 22.5. The highest BCUT2D eigenvalue weighted by atomic mass is 32.2. The standard InChI is InChI=1S/C48H62N6O5S/c1-29(2)21-37(24-39(55)25-38(49)23-33-13-8-7-9-14-33)45(56)51-27-42-52-32(6)44(60-42)34-18-19-35(31(5)22-34)26-50-46(57)41-17-12-20-53(41)48(59)43(30(3)4)54-28-36-15-10-11-16-40(36)47(54)58/h7-11,13-16,18-19,22,29-30,32,37-38,41,43-44H,12,17,20-21,23-28,49H2,1-6H3,(H,50,57)(H,51,56)/t32?,37-,38-,41+,43+,44?/m1/s1. The van der Waals surface area contributed by atoms with Gasteiger partial charge in [0.05, 0.1) is 22.9 Å². The fourth-order valence-electron chi connectivity index (χ4n) is 8.95. The molecule has 11 nitrogen and oxygen atoms in total. The summed E-state index contributed by atoms with van der Waals surface area (Å²) in [5.74, 6) is -0.906. The van der Waals surface area contributed by atoms with Crippen molar-refractivity contribution in [1.82, 2.24) is 20.4 Å². The quantitative estimate of drug-likeness (QED) is 0.131. The fraction of sp³-hybridized carbons (Fsp3) is 0.500. The second kappa shape index (κ2) is 20.2. The highest BCUT2D eigenvalue weighted by Crippen LogP contribution is 2.40. The number of Topliss-reactive ketones (excluding diaryl/α,β-unsaturated/α-hetero) is 1. The number of carbonyl (C=O) groups is 5. The summed E-state index contributed by atoms with van der Waals surface area (Å²) in [5.41, 5.74) is 12.1. The van der Waals surface area contributed by atoms with Crippen LogP contribution < -0.4 is 16.4 Å². The number of fused-ring (bicyclic) bond motifs is 1. The summed E-state index contributed by atoms with van der Waals surface area (Å²) in [7, 11) is 0. The number of aryl methyl sites for hydroxylation is 1. The van der Waals surface area contributed by atoms with Gasteiger partial charge in [-0.15, -0.1) is 0 Å². The molecule has 3 aromatic carbocycles. The number of nitrogens with two attached hydrogens (primary N) is 1. The van der Waals surface area contributed by atoms with Crippen LogP contribution in [0.5, 0.6) is 0 Å². The van der Waals surface area contributed by atoms with Crippen molar-refractivity contribution in [1.29, 1.82) is 0 Å². The van der Waals surface area contributed by atoms with E-state index >= 15 is 0 Å². The van der Waals surface area contributed by atoms with Crippen molar-refractivity contribution in [3.8, 4) is 0 Å². The Hall–Kier alpha value is -4.81. The molecule has 6 atom stereocenters. The second-order valence-electron chi connectivity index (χ2n) is 17.6. The van der Waals surface area contributed by atoms with Crippen molar-refractivity contribution in [2.75, 3.05) is 13.1 Å². The molecule has 0 radical (unpaired) electrons. The minimum absolute atomic E-state index is 0.00318. The maximum Gasteiger partial charge on any atom is 0.255 e. The molecule has 1 fully saturated rings. The molecule has 4 N–H and O–H groups in total. The van der Waals surface area contributed by atoms with E-state index in [9.17, 15) is 24.0 Å². The minimum Gasteiger partial charge on any atom is -0.350 e. The third kappa shape index (κ3) is 10.9. The van der Waals surface area contributed by atoms with Gasteiger partial charge in [0, 0.05) is 50.0 Å². The molecule has 3 aliphatic rings. The zero-order chi connectivity index (χ0) is 43.1. The van der Waals surface area contributed by atoms with E-state index in [1.165, 1.54) is 0 Å². The third-order valence-electron chi connectivity index (χ3n) is 12.0. The van der Waals surface area contributed by atoms with Gasteiger partial charge in [0.15, 0.2) is 0 Å². The van der Waals surface area contributed by atoms with Crippen molar-refractivity contribution in [3.63, 3.8) is 0 Å². The number of thioether (sulfide) groups is 1. The van der Waals surface area contributed by atoms with Crippen LogP contribution in [0.15, 0.2) is 77.8 Å². The predicted octanol–water partition coefficient (Wildman–Crippen LogP) is 6.56. The molecular weight excluding hydrogens is 773 g/mol. The van der Waals surface area contributed by atoms with Crippen LogP contribution in [0.3, 0.4) is 0 Å². The molecule has 0 spiro atoms. The van der Waals surface area contributed by atoms with E-state index in [4.69, 9.17) is 10.7 Å². The summed E-state index contributed by atoms with van der Waals surface area (Å²) in [5, 5.41) is 7.10. The van der Waals surface area contributed by atoms with Gasteiger partial charge in [0.2, 0.25) is 17.7 Å². The van der Waals surface area contributed by atoms with Crippen molar-refractivity contribution < 1.29 is 24.0 Å². The molecule has 3 aliphatic heterocycles. The van der Waals surface area contributed by atoms with Gasteiger partial charge < -0.3 is 26.2 Å². The average molecular weight is 835 g/mol. The number of hydrogen-bond donors (Lipinski definition) is 3. The number of hydrogen-bond acceptors (Lipinski definition) is 8. The number of amides is 4. The summed E-state index contributed by atoms with van der Waals surface area (Å²) in [6.45, 7) is 13.6. The summed E-state index contributed by atoms with van der Waals surface area (Å²) < 4.78 is 0. The maximum absolute atomic E-state index is 14.1. The van der Waals surface area contributed by atoms with Gasteiger partial charge in [-0.2, -0.15) is 0 Å². The minimum atomic E-state index is -0.650. The summed E-state index contributed by atoms with van der Waals surface area (Å²) in [6, 6.07) is 22.1. The van der Waals surface area contributed by atoms with Gasteiger partial charge in [0.1, 0.15) is 17.9 Å². The molecule has 4 amide bonds. The summed E-state index contributed by atoms with van der Waals surface area (Å²) >= 11 is 1.65. The van der Waals surface area contributed by atoms with E-state index in [1.54, 1.807) is 21.6 Å². The number of ketones is 1. The molecule has 320 valence electrons.